The summed E-state index contributed by atoms with van der Waals surface area (Å²) < 4.78 is 5.03. The number of carbonyl (C=O) groups excluding carboxylic acids is 1. The smallest absolute Gasteiger partial charge is 0.351 e. The van der Waals surface area contributed by atoms with Crippen LogP contribution in [0.2, 0.25) is 0 Å². The normalized spacial score (nSPS) is 22.2. The predicted molar refractivity (Wildman–Crippen MR) is 68.4 cm³/mol. The molecular weight excluding hydrogens is 230 g/mol. The van der Waals surface area contributed by atoms with Crippen LogP contribution in [0.25, 0.3) is 0 Å². The SMILES string of the molecule is CCOC(=O)C1ON=C(CC)C1c1ccccc1. The van der Waals surface area contributed by atoms with Crippen molar-refractivity contribution in [2.75, 3.05) is 6.61 Å². The lowest BCUT2D eigenvalue weighted by Gasteiger charge is -2.17. The van der Waals surface area contributed by atoms with Crippen LogP contribution in [0, 0.1) is 0 Å². The van der Waals surface area contributed by atoms with E-state index in [-0.39, 0.29) is 11.9 Å². The van der Waals surface area contributed by atoms with Gasteiger partial charge in [-0.05, 0) is 18.9 Å². The van der Waals surface area contributed by atoms with Gasteiger partial charge < -0.3 is 9.57 Å². The van der Waals surface area contributed by atoms with E-state index >= 15 is 0 Å². The van der Waals surface area contributed by atoms with E-state index in [1.165, 1.54) is 0 Å². The van der Waals surface area contributed by atoms with E-state index in [1.54, 1.807) is 6.92 Å². The molecule has 0 bridgehead atoms. The fourth-order valence-corrected chi connectivity index (χ4v) is 2.13. The van der Waals surface area contributed by atoms with Crippen molar-refractivity contribution in [2.45, 2.75) is 32.3 Å². The lowest BCUT2D eigenvalue weighted by atomic mass is 9.88. The van der Waals surface area contributed by atoms with Gasteiger partial charge in [-0.3, -0.25) is 0 Å². The van der Waals surface area contributed by atoms with E-state index in [0.717, 1.165) is 17.7 Å². The van der Waals surface area contributed by atoms with Crippen molar-refractivity contribution < 1.29 is 14.4 Å². The van der Waals surface area contributed by atoms with Crippen LogP contribution in [0.3, 0.4) is 0 Å². The molecule has 96 valence electrons. The summed E-state index contributed by atoms with van der Waals surface area (Å²) >= 11 is 0. The lowest BCUT2D eigenvalue weighted by molar-refractivity contribution is -0.155. The van der Waals surface area contributed by atoms with E-state index in [9.17, 15) is 4.79 Å². The first-order valence-electron chi connectivity index (χ1n) is 6.22. The largest absolute Gasteiger partial charge is 0.463 e. The average Bonchev–Trinajstić information content (AvgIpc) is 2.83. The maximum Gasteiger partial charge on any atom is 0.351 e. The quantitative estimate of drug-likeness (QED) is 0.768. The fourth-order valence-electron chi connectivity index (χ4n) is 2.13. The Morgan fingerprint density at radius 2 is 2.06 bits per heavy atom. The van der Waals surface area contributed by atoms with Gasteiger partial charge in [0.1, 0.15) is 0 Å². The predicted octanol–water partition coefficient (Wildman–Crippen LogP) is 2.50. The van der Waals surface area contributed by atoms with Gasteiger partial charge in [-0.15, -0.1) is 0 Å². The molecule has 1 aromatic carbocycles. The summed E-state index contributed by atoms with van der Waals surface area (Å²) in [5, 5.41) is 4.01. The van der Waals surface area contributed by atoms with Crippen LogP contribution in [-0.4, -0.2) is 24.4 Å². The second-order valence-corrected chi connectivity index (χ2v) is 4.10. The standard InChI is InChI=1S/C14H17NO3/c1-3-11-12(10-8-6-5-7-9-10)13(18-15-11)14(16)17-4-2/h5-9,12-13H,3-4H2,1-2H3. The number of hydrogen-bond acceptors (Lipinski definition) is 4. The van der Waals surface area contributed by atoms with Gasteiger partial charge in [0.05, 0.1) is 18.2 Å². The Hall–Kier alpha value is -1.84. The minimum absolute atomic E-state index is 0.129. The molecule has 0 amide bonds. The van der Waals surface area contributed by atoms with Crippen molar-refractivity contribution in [2.24, 2.45) is 5.16 Å². The van der Waals surface area contributed by atoms with Crippen molar-refractivity contribution >= 4 is 11.7 Å². The third kappa shape index (κ3) is 2.37. The Morgan fingerprint density at radius 3 is 2.67 bits per heavy atom. The first kappa shape index (κ1) is 12.6. The topological polar surface area (TPSA) is 47.9 Å². The van der Waals surface area contributed by atoms with E-state index in [4.69, 9.17) is 9.57 Å². The minimum Gasteiger partial charge on any atom is -0.463 e. The number of hydrogen-bond donors (Lipinski definition) is 0. The summed E-state index contributed by atoms with van der Waals surface area (Å²) in [6.07, 6.45) is 0.109. The Balaban J connectivity index is 2.26. The van der Waals surface area contributed by atoms with Gasteiger partial charge >= 0.3 is 5.97 Å². The summed E-state index contributed by atoms with van der Waals surface area (Å²) in [5.74, 6) is -0.478. The number of esters is 1. The van der Waals surface area contributed by atoms with Crippen molar-refractivity contribution in [3.63, 3.8) is 0 Å². The van der Waals surface area contributed by atoms with Crippen LogP contribution in [0.1, 0.15) is 31.7 Å². The van der Waals surface area contributed by atoms with Crippen molar-refractivity contribution in [3.8, 4) is 0 Å². The molecule has 1 heterocycles. The summed E-state index contributed by atoms with van der Waals surface area (Å²) in [5.41, 5.74) is 1.92. The Bertz CT molecular complexity index is 442. The molecule has 0 aromatic heterocycles. The van der Waals surface area contributed by atoms with Gasteiger partial charge in [0.2, 0.25) is 6.10 Å². The third-order valence-corrected chi connectivity index (χ3v) is 2.99. The molecule has 18 heavy (non-hydrogen) atoms. The fraction of sp³-hybridized carbons (Fsp3) is 0.429. The first-order valence-corrected chi connectivity index (χ1v) is 6.22. The molecule has 1 aliphatic rings. The van der Waals surface area contributed by atoms with Crippen molar-refractivity contribution in [3.05, 3.63) is 35.9 Å². The molecule has 2 unspecified atom stereocenters. The molecule has 2 atom stereocenters. The number of rotatable bonds is 4. The number of benzene rings is 1. The molecule has 0 N–H and O–H groups in total. The summed E-state index contributed by atoms with van der Waals surface area (Å²) in [6, 6.07) is 9.81. The molecule has 0 saturated heterocycles. The van der Waals surface area contributed by atoms with Crippen molar-refractivity contribution in [1.82, 2.24) is 0 Å². The lowest BCUT2D eigenvalue weighted by Crippen LogP contribution is -2.31. The molecule has 1 aliphatic heterocycles. The second-order valence-electron chi connectivity index (χ2n) is 4.10. The maximum atomic E-state index is 11.9. The molecular formula is C14H17NO3. The van der Waals surface area contributed by atoms with Crippen molar-refractivity contribution in [1.29, 1.82) is 0 Å². The molecule has 0 aliphatic carbocycles. The number of carbonyl (C=O) groups is 1. The van der Waals surface area contributed by atoms with Crippen LogP contribution < -0.4 is 0 Å². The molecule has 1 aromatic rings. The monoisotopic (exact) mass is 247 g/mol. The Morgan fingerprint density at radius 1 is 1.33 bits per heavy atom. The van der Waals surface area contributed by atoms with Crippen LogP contribution in [0.5, 0.6) is 0 Å². The van der Waals surface area contributed by atoms with Gasteiger partial charge in [0, 0.05) is 0 Å². The maximum absolute atomic E-state index is 11.9. The molecule has 4 nitrogen and oxygen atoms in total. The summed E-state index contributed by atoms with van der Waals surface area (Å²) in [6.45, 7) is 4.14. The first-order chi connectivity index (χ1) is 8.77. The van der Waals surface area contributed by atoms with Gasteiger partial charge in [-0.1, -0.05) is 42.4 Å². The molecule has 0 radical (unpaired) electrons. The number of nitrogens with zero attached hydrogens (tertiary/aromatic N) is 1. The van der Waals surface area contributed by atoms with Gasteiger partial charge in [-0.2, -0.15) is 0 Å². The highest BCUT2D eigenvalue weighted by Gasteiger charge is 2.40. The van der Waals surface area contributed by atoms with E-state index in [2.05, 4.69) is 5.16 Å². The molecule has 0 saturated carbocycles. The van der Waals surface area contributed by atoms with Crippen LogP contribution in [-0.2, 0) is 14.4 Å². The van der Waals surface area contributed by atoms with Crippen LogP contribution in [0.15, 0.2) is 35.5 Å². The Labute approximate surface area is 107 Å². The van der Waals surface area contributed by atoms with Gasteiger partial charge in [0.25, 0.3) is 0 Å². The van der Waals surface area contributed by atoms with E-state index in [0.29, 0.717) is 6.61 Å². The highest BCUT2D eigenvalue weighted by atomic mass is 16.7. The highest BCUT2D eigenvalue weighted by Crippen LogP contribution is 2.31. The number of ether oxygens (including phenoxy) is 1. The van der Waals surface area contributed by atoms with E-state index < -0.39 is 6.10 Å². The zero-order valence-electron chi connectivity index (χ0n) is 10.6. The molecule has 0 spiro atoms. The molecule has 4 heteroatoms. The van der Waals surface area contributed by atoms with Crippen LogP contribution >= 0.6 is 0 Å². The third-order valence-electron chi connectivity index (χ3n) is 2.99. The summed E-state index contributed by atoms with van der Waals surface area (Å²) in [7, 11) is 0. The Kier molecular flexibility index (Phi) is 3.97. The molecule has 0 fully saturated rings. The van der Waals surface area contributed by atoms with Crippen LogP contribution in [0.4, 0.5) is 0 Å². The highest BCUT2D eigenvalue weighted by molar-refractivity contribution is 5.97. The van der Waals surface area contributed by atoms with Gasteiger partial charge in [0.15, 0.2) is 0 Å². The van der Waals surface area contributed by atoms with Gasteiger partial charge in [-0.25, -0.2) is 4.79 Å². The molecule has 2 rings (SSSR count). The zero-order valence-corrected chi connectivity index (χ0v) is 10.6. The second kappa shape index (κ2) is 5.67. The zero-order chi connectivity index (χ0) is 13.0. The number of oxime groups is 1. The van der Waals surface area contributed by atoms with E-state index in [1.807, 2.05) is 37.3 Å². The summed E-state index contributed by atoms with van der Waals surface area (Å²) in [4.78, 5) is 17.1. The minimum atomic E-state index is -0.651. The average molecular weight is 247 g/mol.